The van der Waals surface area contributed by atoms with Crippen LogP contribution in [0.4, 0.5) is 0 Å². The fraction of sp³-hybridized carbons (Fsp3) is 0.500. The third-order valence-electron chi connectivity index (χ3n) is 7.13. The maximum atomic E-state index is 13.2. The van der Waals surface area contributed by atoms with Gasteiger partial charge in [-0.25, -0.2) is 0 Å². The van der Waals surface area contributed by atoms with Crippen LogP contribution in [0.3, 0.4) is 0 Å². The van der Waals surface area contributed by atoms with Gasteiger partial charge in [-0.2, -0.15) is 0 Å². The summed E-state index contributed by atoms with van der Waals surface area (Å²) in [6, 6.07) is 10.6. The number of aromatic nitrogens is 2. The highest BCUT2D eigenvalue weighted by Gasteiger charge is 2.30. The molecular weight excluding hydrogens is 408 g/mol. The fourth-order valence-corrected chi connectivity index (χ4v) is 5.04. The van der Waals surface area contributed by atoms with Gasteiger partial charge in [0.1, 0.15) is 0 Å². The normalized spacial score (nSPS) is 17.0. The number of carbonyl (C=O) groups excluding carboxylic acids is 1. The molecular formula is C28H38N4O. The molecule has 5 heteroatoms. The molecule has 0 radical (unpaired) electrons. The highest BCUT2D eigenvalue weighted by Crippen LogP contribution is 2.37. The van der Waals surface area contributed by atoms with E-state index in [-0.39, 0.29) is 5.91 Å². The number of amides is 1. The predicted molar refractivity (Wildman–Crippen MR) is 137 cm³/mol. The number of fused-ring (bicyclic) bond motifs is 1. The number of rotatable bonds is 7. The Hall–Kier alpha value is -2.66. The Morgan fingerprint density at radius 2 is 2.06 bits per heavy atom. The third-order valence-corrected chi connectivity index (χ3v) is 7.13. The summed E-state index contributed by atoms with van der Waals surface area (Å²) >= 11 is 0. The monoisotopic (exact) mass is 446 g/mol. The molecule has 5 nitrogen and oxygen atoms in total. The average molecular weight is 447 g/mol. The lowest BCUT2D eigenvalue weighted by molar-refractivity contribution is -0.125. The number of aromatic amines is 1. The molecule has 2 aromatic heterocycles. The molecule has 176 valence electrons. The van der Waals surface area contributed by atoms with Crippen LogP contribution in [0, 0.1) is 12.8 Å². The second kappa shape index (κ2) is 9.68. The van der Waals surface area contributed by atoms with Gasteiger partial charge in [0.05, 0.1) is 11.1 Å². The van der Waals surface area contributed by atoms with E-state index >= 15 is 0 Å². The lowest BCUT2D eigenvalue weighted by Crippen LogP contribution is -2.41. The highest BCUT2D eigenvalue weighted by molar-refractivity contribution is 5.94. The van der Waals surface area contributed by atoms with E-state index in [4.69, 9.17) is 0 Å². The van der Waals surface area contributed by atoms with Crippen LogP contribution in [0.15, 0.2) is 36.5 Å². The van der Waals surface area contributed by atoms with Crippen LogP contribution in [0.5, 0.6) is 0 Å². The number of pyridine rings is 1. The first-order valence-corrected chi connectivity index (χ1v) is 12.4. The number of aryl methyl sites for hydroxylation is 1. The van der Waals surface area contributed by atoms with Gasteiger partial charge >= 0.3 is 0 Å². The number of hydrogen-bond acceptors (Lipinski definition) is 3. The highest BCUT2D eigenvalue weighted by atomic mass is 16.2. The van der Waals surface area contributed by atoms with Crippen molar-refractivity contribution in [3.63, 3.8) is 0 Å². The maximum Gasteiger partial charge on any atom is 0.230 e. The van der Waals surface area contributed by atoms with Gasteiger partial charge in [-0.1, -0.05) is 19.9 Å². The minimum atomic E-state index is -0.599. The van der Waals surface area contributed by atoms with Crippen LogP contribution >= 0.6 is 0 Å². The zero-order valence-corrected chi connectivity index (χ0v) is 20.7. The molecule has 0 aliphatic carbocycles. The quantitative estimate of drug-likeness (QED) is 0.452. The molecule has 1 aliphatic rings. The van der Waals surface area contributed by atoms with Crippen molar-refractivity contribution in [1.82, 2.24) is 20.6 Å². The Morgan fingerprint density at radius 3 is 2.76 bits per heavy atom. The lowest BCUT2D eigenvalue weighted by atomic mass is 9.82. The van der Waals surface area contributed by atoms with E-state index in [1.807, 2.05) is 27.0 Å². The number of benzene rings is 1. The Kier molecular flexibility index (Phi) is 6.89. The summed E-state index contributed by atoms with van der Waals surface area (Å²) in [5.41, 5.74) is 6.14. The predicted octanol–water partition coefficient (Wildman–Crippen LogP) is 5.45. The van der Waals surface area contributed by atoms with Crippen LogP contribution in [0.25, 0.3) is 22.2 Å². The number of hydrogen-bond donors (Lipinski definition) is 3. The standard InChI is InChI=1S/C28H38N4O/c1-18(2)25-23-16-22(8-9-24(23)32-26(25)21-11-14-30-19(3)15-21)28(4,5)27(33)31-13-10-20-7-6-12-29-17-20/h8-9,11,14-16,18,20,29,32H,6-7,10,12-13,17H2,1-5H3,(H,31,33). The van der Waals surface area contributed by atoms with Gasteiger partial charge in [0, 0.05) is 34.9 Å². The molecule has 1 unspecified atom stereocenters. The lowest BCUT2D eigenvalue weighted by Gasteiger charge is -2.26. The number of nitrogens with one attached hydrogen (secondary N) is 3. The third kappa shape index (κ3) is 4.98. The summed E-state index contributed by atoms with van der Waals surface area (Å²) < 4.78 is 0. The first-order chi connectivity index (χ1) is 15.8. The molecule has 1 amide bonds. The molecule has 3 aromatic rings. The average Bonchev–Trinajstić information content (AvgIpc) is 3.19. The Labute approximate surface area is 197 Å². The Balaban J connectivity index is 1.59. The van der Waals surface area contributed by atoms with E-state index in [9.17, 15) is 4.79 Å². The largest absolute Gasteiger partial charge is 0.355 e. The van der Waals surface area contributed by atoms with E-state index in [1.165, 1.54) is 23.8 Å². The van der Waals surface area contributed by atoms with Gasteiger partial charge in [-0.05, 0) is 100 Å². The minimum absolute atomic E-state index is 0.0947. The molecule has 4 rings (SSSR count). The number of piperidine rings is 1. The van der Waals surface area contributed by atoms with Crippen molar-refractivity contribution >= 4 is 16.8 Å². The maximum absolute atomic E-state index is 13.2. The molecule has 0 spiro atoms. The summed E-state index contributed by atoms with van der Waals surface area (Å²) in [6.07, 6.45) is 5.40. The van der Waals surface area contributed by atoms with E-state index in [1.54, 1.807) is 0 Å². The van der Waals surface area contributed by atoms with Crippen molar-refractivity contribution in [2.75, 3.05) is 19.6 Å². The van der Waals surface area contributed by atoms with E-state index in [0.717, 1.165) is 54.1 Å². The zero-order chi connectivity index (χ0) is 23.6. The van der Waals surface area contributed by atoms with Crippen LogP contribution in [-0.4, -0.2) is 35.5 Å². The van der Waals surface area contributed by atoms with Crippen molar-refractivity contribution in [3.05, 3.63) is 53.3 Å². The van der Waals surface area contributed by atoms with Crippen LogP contribution < -0.4 is 10.6 Å². The van der Waals surface area contributed by atoms with E-state index < -0.39 is 5.41 Å². The van der Waals surface area contributed by atoms with Gasteiger partial charge in [0.15, 0.2) is 0 Å². The topological polar surface area (TPSA) is 69.8 Å². The summed E-state index contributed by atoms with van der Waals surface area (Å²) in [7, 11) is 0. The van der Waals surface area contributed by atoms with Crippen LogP contribution in [-0.2, 0) is 10.2 Å². The summed E-state index contributed by atoms with van der Waals surface area (Å²) in [5, 5.41) is 7.86. The van der Waals surface area contributed by atoms with E-state index in [2.05, 4.69) is 64.8 Å². The molecule has 1 aromatic carbocycles. The first kappa shape index (κ1) is 23.5. The zero-order valence-electron chi connectivity index (χ0n) is 20.7. The Morgan fingerprint density at radius 1 is 1.24 bits per heavy atom. The summed E-state index contributed by atoms with van der Waals surface area (Å²) in [6.45, 7) is 13.5. The van der Waals surface area contributed by atoms with Crippen molar-refractivity contribution in [2.45, 2.75) is 65.2 Å². The van der Waals surface area contributed by atoms with Gasteiger partial charge in [-0.15, -0.1) is 0 Å². The summed E-state index contributed by atoms with van der Waals surface area (Å²) in [5.74, 6) is 1.11. The molecule has 1 saturated heterocycles. The second-order valence-electron chi connectivity index (χ2n) is 10.4. The minimum Gasteiger partial charge on any atom is -0.355 e. The van der Waals surface area contributed by atoms with E-state index in [0.29, 0.717) is 11.8 Å². The smallest absolute Gasteiger partial charge is 0.230 e. The first-order valence-electron chi connectivity index (χ1n) is 12.4. The van der Waals surface area contributed by atoms with Crippen molar-refractivity contribution in [2.24, 2.45) is 5.92 Å². The molecule has 3 N–H and O–H groups in total. The molecule has 1 atom stereocenters. The van der Waals surface area contributed by atoms with Gasteiger partial charge in [-0.3, -0.25) is 9.78 Å². The molecule has 3 heterocycles. The number of H-pyrrole nitrogens is 1. The second-order valence-corrected chi connectivity index (χ2v) is 10.4. The van der Waals surface area contributed by atoms with Crippen molar-refractivity contribution < 1.29 is 4.79 Å². The molecule has 33 heavy (non-hydrogen) atoms. The number of carbonyl (C=O) groups is 1. The van der Waals surface area contributed by atoms with Gasteiger partial charge in [0.25, 0.3) is 0 Å². The molecule has 1 fully saturated rings. The van der Waals surface area contributed by atoms with Gasteiger partial charge in [0.2, 0.25) is 5.91 Å². The Bertz CT molecular complexity index is 1120. The summed E-state index contributed by atoms with van der Waals surface area (Å²) in [4.78, 5) is 21.2. The molecule has 0 saturated carbocycles. The molecule has 0 bridgehead atoms. The SMILES string of the molecule is Cc1cc(-c2[nH]c3ccc(C(C)(C)C(=O)NCCC4CCCNC4)cc3c2C(C)C)ccn1. The van der Waals surface area contributed by atoms with Gasteiger partial charge < -0.3 is 15.6 Å². The number of nitrogens with zero attached hydrogens (tertiary/aromatic N) is 1. The van der Waals surface area contributed by atoms with Crippen molar-refractivity contribution in [3.8, 4) is 11.3 Å². The molecule has 1 aliphatic heterocycles. The van der Waals surface area contributed by atoms with Crippen LogP contribution in [0.2, 0.25) is 0 Å². The van der Waals surface area contributed by atoms with Crippen molar-refractivity contribution in [1.29, 1.82) is 0 Å². The van der Waals surface area contributed by atoms with Crippen LogP contribution in [0.1, 0.15) is 69.7 Å². The fourth-order valence-electron chi connectivity index (χ4n) is 5.04.